The average molecular weight is 321 g/mol. The average Bonchev–Trinajstić information content (AvgIpc) is 2.96. The van der Waals surface area contributed by atoms with Gasteiger partial charge in [0.1, 0.15) is 5.82 Å². The second-order valence-corrected chi connectivity index (χ2v) is 6.57. The van der Waals surface area contributed by atoms with E-state index in [2.05, 4.69) is 0 Å². The first-order chi connectivity index (χ1) is 11.1. The molecule has 1 aromatic rings. The lowest BCUT2D eigenvalue weighted by Crippen LogP contribution is -2.43. The van der Waals surface area contributed by atoms with Crippen molar-refractivity contribution in [3.05, 3.63) is 35.6 Å². The summed E-state index contributed by atoms with van der Waals surface area (Å²) in [7, 11) is 0. The molecule has 1 spiro atoms. The number of carbonyl (C=O) groups excluding carboxylic acids is 1. The van der Waals surface area contributed by atoms with Crippen molar-refractivity contribution in [3.63, 3.8) is 0 Å². The highest BCUT2D eigenvalue weighted by atomic mass is 19.1. The summed E-state index contributed by atoms with van der Waals surface area (Å²) in [5, 5.41) is 0. The predicted molar refractivity (Wildman–Crippen MR) is 84.8 cm³/mol. The van der Waals surface area contributed by atoms with Gasteiger partial charge in [-0.1, -0.05) is 12.1 Å². The molecule has 2 aliphatic rings. The van der Waals surface area contributed by atoms with Gasteiger partial charge in [0, 0.05) is 19.7 Å². The van der Waals surface area contributed by atoms with Crippen LogP contribution in [0, 0.1) is 11.2 Å². The van der Waals surface area contributed by atoms with Crippen LogP contribution in [-0.2, 0) is 9.47 Å². The van der Waals surface area contributed by atoms with Crippen LogP contribution >= 0.6 is 0 Å². The molecule has 4 nitrogen and oxygen atoms in total. The van der Waals surface area contributed by atoms with Gasteiger partial charge >= 0.3 is 0 Å². The SMILES string of the molecule is CCOC[C@@H]1CC2(CCN(C(=O)c3ccccc3F)CC2)CO1. The second-order valence-electron chi connectivity index (χ2n) is 6.57. The number of ether oxygens (including phenoxy) is 2. The largest absolute Gasteiger partial charge is 0.379 e. The fourth-order valence-electron chi connectivity index (χ4n) is 3.59. The molecule has 0 bridgehead atoms. The van der Waals surface area contributed by atoms with E-state index in [-0.39, 0.29) is 23.0 Å². The first kappa shape index (κ1) is 16.4. The molecule has 0 unspecified atom stereocenters. The molecule has 0 aliphatic carbocycles. The lowest BCUT2D eigenvalue weighted by molar-refractivity contribution is 0.0159. The summed E-state index contributed by atoms with van der Waals surface area (Å²) < 4.78 is 25.1. The predicted octanol–water partition coefficient (Wildman–Crippen LogP) is 2.87. The van der Waals surface area contributed by atoms with Crippen LogP contribution in [0.15, 0.2) is 24.3 Å². The van der Waals surface area contributed by atoms with Crippen molar-refractivity contribution in [1.82, 2.24) is 4.90 Å². The number of nitrogens with zero attached hydrogens (tertiary/aromatic N) is 1. The summed E-state index contributed by atoms with van der Waals surface area (Å²) in [6.45, 7) is 5.41. The van der Waals surface area contributed by atoms with E-state index in [1.54, 1.807) is 23.1 Å². The molecule has 5 heteroatoms. The van der Waals surface area contributed by atoms with Gasteiger partial charge in [-0.25, -0.2) is 4.39 Å². The fraction of sp³-hybridized carbons (Fsp3) is 0.611. The first-order valence-corrected chi connectivity index (χ1v) is 8.37. The van der Waals surface area contributed by atoms with Gasteiger partial charge < -0.3 is 14.4 Å². The number of hydrogen-bond donors (Lipinski definition) is 0. The lowest BCUT2D eigenvalue weighted by Gasteiger charge is -2.38. The normalized spacial score (nSPS) is 23.4. The van der Waals surface area contributed by atoms with E-state index in [0.29, 0.717) is 26.3 Å². The Bertz CT molecular complexity index is 555. The van der Waals surface area contributed by atoms with Crippen LogP contribution in [-0.4, -0.2) is 49.8 Å². The van der Waals surface area contributed by atoms with E-state index in [4.69, 9.17) is 9.47 Å². The first-order valence-electron chi connectivity index (χ1n) is 8.37. The van der Waals surface area contributed by atoms with E-state index in [1.165, 1.54) is 6.07 Å². The van der Waals surface area contributed by atoms with Gasteiger partial charge in [0.15, 0.2) is 0 Å². The Hall–Kier alpha value is -1.46. The molecule has 0 saturated carbocycles. The van der Waals surface area contributed by atoms with Gasteiger partial charge in [0.2, 0.25) is 0 Å². The maximum atomic E-state index is 13.8. The van der Waals surface area contributed by atoms with Crippen LogP contribution in [0.1, 0.15) is 36.5 Å². The van der Waals surface area contributed by atoms with E-state index in [1.807, 2.05) is 6.92 Å². The number of halogens is 1. The summed E-state index contributed by atoms with van der Waals surface area (Å²) in [6, 6.07) is 6.19. The summed E-state index contributed by atoms with van der Waals surface area (Å²) >= 11 is 0. The Morgan fingerprint density at radius 2 is 2.13 bits per heavy atom. The van der Waals surface area contributed by atoms with Crippen LogP contribution in [0.5, 0.6) is 0 Å². The van der Waals surface area contributed by atoms with Gasteiger partial charge in [-0.2, -0.15) is 0 Å². The van der Waals surface area contributed by atoms with Crippen LogP contribution < -0.4 is 0 Å². The summed E-state index contributed by atoms with van der Waals surface area (Å²) in [4.78, 5) is 14.2. The van der Waals surface area contributed by atoms with Gasteiger partial charge in [-0.3, -0.25) is 4.79 Å². The topological polar surface area (TPSA) is 38.8 Å². The summed E-state index contributed by atoms with van der Waals surface area (Å²) in [5.74, 6) is -0.651. The Morgan fingerprint density at radius 3 is 2.83 bits per heavy atom. The van der Waals surface area contributed by atoms with E-state index in [0.717, 1.165) is 25.9 Å². The molecular weight excluding hydrogens is 297 g/mol. The molecule has 2 aliphatic heterocycles. The Balaban J connectivity index is 1.57. The van der Waals surface area contributed by atoms with Gasteiger partial charge in [-0.05, 0) is 43.7 Å². The van der Waals surface area contributed by atoms with E-state index >= 15 is 0 Å². The minimum absolute atomic E-state index is 0.160. The monoisotopic (exact) mass is 321 g/mol. The molecule has 3 rings (SSSR count). The smallest absolute Gasteiger partial charge is 0.256 e. The van der Waals surface area contributed by atoms with Crippen LogP contribution in [0.4, 0.5) is 4.39 Å². The molecule has 2 heterocycles. The van der Waals surface area contributed by atoms with Gasteiger partial charge in [-0.15, -0.1) is 0 Å². The van der Waals surface area contributed by atoms with Gasteiger partial charge in [0.25, 0.3) is 5.91 Å². The second kappa shape index (κ2) is 6.97. The molecule has 126 valence electrons. The molecule has 0 aromatic heterocycles. The quantitative estimate of drug-likeness (QED) is 0.856. The number of carbonyl (C=O) groups is 1. The van der Waals surface area contributed by atoms with Crippen LogP contribution in [0.3, 0.4) is 0 Å². The van der Waals surface area contributed by atoms with Crippen molar-refractivity contribution in [2.45, 2.75) is 32.3 Å². The van der Waals surface area contributed by atoms with Crippen molar-refractivity contribution in [2.24, 2.45) is 5.41 Å². The molecule has 23 heavy (non-hydrogen) atoms. The number of piperidine rings is 1. The fourth-order valence-corrected chi connectivity index (χ4v) is 3.59. The number of likely N-dealkylation sites (tertiary alicyclic amines) is 1. The third-order valence-electron chi connectivity index (χ3n) is 5.01. The number of rotatable bonds is 4. The number of amides is 1. The Morgan fingerprint density at radius 1 is 1.39 bits per heavy atom. The Kier molecular flexibility index (Phi) is 4.97. The zero-order chi connectivity index (χ0) is 16.3. The van der Waals surface area contributed by atoms with Crippen molar-refractivity contribution < 1.29 is 18.7 Å². The third-order valence-corrected chi connectivity index (χ3v) is 5.01. The summed E-state index contributed by atoms with van der Waals surface area (Å²) in [5.41, 5.74) is 0.327. The highest BCUT2D eigenvalue weighted by Gasteiger charge is 2.43. The molecule has 1 amide bonds. The minimum Gasteiger partial charge on any atom is -0.379 e. The Labute approximate surface area is 136 Å². The number of hydrogen-bond acceptors (Lipinski definition) is 3. The molecule has 2 fully saturated rings. The molecule has 0 radical (unpaired) electrons. The minimum atomic E-state index is -0.446. The third kappa shape index (κ3) is 3.56. The highest BCUT2D eigenvalue weighted by molar-refractivity contribution is 5.94. The zero-order valence-corrected chi connectivity index (χ0v) is 13.6. The maximum Gasteiger partial charge on any atom is 0.256 e. The number of benzene rings is 1. The van der Waals surface area contributed by atoms with Crippen molar-refractivity contribution in [3.8, 4) is 0 Å². The van der Waals surface area contributed by atoms with Crippen molar-refractivity contribution >= 4 is 5.91 Å². The summed E-state index contributed by atoms with van der Waals surface area (Å²) in [6.07, 6.45) is 2.99. The molecule has 1 atom stereocenters. The van der Waals surface area contributed by atoms with Crippen molar-refractivity contribution in [1.29, 1.82) is 0 Å². The van der Waals surface area contributed by atoms with Crippen LogP contribution in [0.2, 0.25) is 0 Å². The maximum absolute atomic E-state index is 13.8. The van der Waals surface area contributed by atoms with E-state index < -0.39 is 5.82 Å². The van der Waals surface area contributed by atoms with Gasteiger partial charge in [0.05, 0.1) is 24.9 Å². The van der Waals surface area contributed by atoms with Crippen molar-refractivity contribution in [2.75, 3.05) is 32.9 Å². The molecule has 0 N–H and O–H groups in total. The molecule has 2 saturated heterocycles. The van der Waals surface area contributed by atoms with Crippen LogP contribution in [0.25, 0.3) is 0 Å². The van der Waals surface area contributed by atoms with E-state index in [9.17, 15) is 9.18 Å². The zero-order valence-electron chi connectivity index (χ0n) is 13.6. The molecule has 1 aromatic carbocycles. The molecular formula is C18H24FNO3. The standard InChI is InChI=1S/C18H24FNO3/c1-2-22-12-14-11-18(13-23-14)7-9-20(10-8-18)17(21)15-5-3-4-6-16(15)19/h3-6,14H,2,7-13H2,1H3/t14-/m0/s1. The highest BCUT2D eigenvalue weighted by Crippen LogP contribution is 2.42. The lowest BCUT2D eigenvalue weighted by atomic mass is 9.76.